The van der Waals surface area contributed by atoms with E-state index in [9.17, 15) is 4.79 Å². The van der Waals surface area contributed by atoms with Gasteiger partial charge in [-0.1, -0.05) is 66.7 Å². The zero-order chi connectivity index (χ0) is 17.8. The second kappa shape index (κ2) is 7.23. The van der Waals surface area contributed by atoms with Gasteiger partial charge in [-0.3, -0.25) is 4.79 Å². The van der Waals surface area contributed by atoms with Crippen LogP contribution < -0.4 is 5.32 Å². The van der Waals surface area contributed by atoms with E-state index in [2.05, 4.69) is 10.3 Å². The van der Waals surface area contributed by atoms with Gasteiger partial charge >= 0.3 is 0 Å². The molecule has 0 aliphatic heterocycles. The van der Waals surface area contributed by atoms with Crippen LogP contribution in [0.3, 0.4) is 0 Å². The summed E-state index contributed by atoms with van der Waals surface area (Å²) in [5, 5.41) is 3.04. The van der Waals surface area contributed by atoms with Crippen molar-refractivity contribution in [1.82, 2.24) is 14.7 Å². The molecule has 0 spiro atoms. The first-order chi connectivity index (χ1) is 12.8. The van der Waals surface area contributed by atoms with Gasteiger partial charge in [-0.2, -0.15) is 0 Å². The molecule has 0 bridgehead atoms. The van der Waals surface area contributed by atoms with E-state index >= 15 is 0 Å². The highest BCUT2D eigenvalue weighted by molar-refractivity contribution is 5.87. The fraction of sp³-hybridized carbons (Fsp3) is 0.0909. The third kappa shape index (κ3) is 3.35. The van der Waals surface area contributed by atoms with Gasteiger partial charge < -0.3 is 9.72 Å². The lowest BCUT2D eigenvalue weighted by Gasteiger charge is -2.17. The van der Waals surface area contributed by atoms with E-state index in [0.29, 0.717) is 6.54 Å². The molecule has 2 aromatic heterocycles. The van der Waals surface area contributed by atoms with Crippen molar-refractivity contribution in [2.24, 2.45) is 0 Å². The van der Waals surface area contributed by atoms with E-state index in [4.69, 9.17) is 0 Å². The fourth-order valence-electron chi connectivity index (χ4n) is 3.14. The third-order valence-corrected chi connectivity index (χ3v) is 4.39. The largest absolute Gasteiger partial charge is 0.350 e. The highest BCUT2D eigenvalue weighted by Gasteiger charge is 2.22. The number of pyridine rings is 1. The van der Waals surface area contributed by atoms with Crippen molar-refractivity contribution < 1.29 is 4.79 Å². The zero-order valence-electron chi connectivity index (χ0n) is 14.2. The monoisotopic (exact) mass is 341 g/mol. The lowest BCUT2D eigenvalue weighted by atomic mass is 9.90. The Bertz CT molecular complexity index is 937. The summed E-state index contributed by atoms with van der Waals surface area (Å²) < 4.78 is 1.95. The lowest BCUT2D eigenvalue weighted by molar-refractivity contribution is -0.121. The van der Waals surface area contributed by atoms with Crippen molar-refractivity contribution in [3.8, 4) is 0 Å². The Balaban J connectivity index is 1.56. The standard InChI is InChI=1S/C22H19N3O/c26-22(23-15-19-16-25-14-8-7-13-20(25)24-19)21(17-9-3-1-4-10-17)18-11-5-2-6-12-18/h1-14,16,21H,15H2,(H,23,26). The van der Waals surface area contributed by atoms with Gasteiger partial charge in [0.15, 0.2) is 0 Å². The topological polar surface area (TPSA) is 46.4 Å². The van der Waals surface area contributed by atoms with Gasteiger partial charge in [0, 0.05) is 12.4 Å². The molecule has 4 heteroatoms. The third-order valence-electron chi connectivity index (χ3n) is 4.39. The van der Waals surface area contributed by atoms with Crippen LogP contribution in [0.1, 0.15) is 22.7 Å². The first kappa shape index (κ1) is 16.1. The van der Waals surface area contributed by atoms with E-state index in [-0.39, 0.29) is 11.8 Å². The average molecular weight is 341 g/mol. The summed E-state index contributed by atoms with van der Waals surface area (Å²) in [7, 11) is 0. The molecular formula is C22H19N3O. The van der Waals surface area contributed by atoms with Crippen molar-refractivity contribution in [3.63, 3.8) is 0 Å². The molecule has 2 heterocycles. The summed E-state index contributed by atoms with van der Waals surface area (Å²) in [5.41, 5.74) is 3.67. The minimum atomic E-state index is -0.338. The number of imidazole rings is 1. The molecule has 4 rings (SSSR count). The van der Waals surface area contributed by atoms with Gasteiger partial charge in [0.1, 0.15) is 5.65 Å². The van der Waals surface area contributed by atoms with Crippen LogP contribution in [-0.2, 0) is 11.3 Å². The van der Waals surface area contributed by atoms with Crippen LogP contribution >= 0.6 is 0 Å². The number of hydrogen-bond acceptors (Lipinski definition) is 2. The highest BCUT2D eigenvalue weighted by atomic mass is 16.1. The van der Waals surface area contributed by atoms with Gasteiger partial charge in [-0.25, -0.2) is 4.98 Å². The molecule has 1 amide bonds. The summed E-state index contributed by atoms with van der Waals surface area (Å²) in [5.74, 6) is -0.367. The van der Waals surface area contributed by atoms with Crippen LogP contribution in [0.2, 0.25) is 0 Å². The highest BCUT2D eigenvalue weighted by Crippen LogP contribution is 2.24. The van der Waals surface area contributed by atoms with Gasteiger partial charge in [0.25, 0.3) is 0 Å². The van der Waals surface area contributed by atoms with Crippen molar-refractivity contribution in [2.45, 2.75) is 12.5 Å². The molecule has 128 valence electrons. The number of benzene rings is 2. The molecule has 0 atom stereocenters. The Kier molecular flexibility index (Phi) is 4.48. The summed E-state index contributed by atoms with van der Waals surface area (Å²) in [6.07, 6.45) is 3.89. The molecule has 26 heavy (non-hydrogen) atoms. The number of aromatic nitrogens is 2. The molecule has 1 N–H and O–H groups in total. The number of fused-ring (bicyclic) bond motifs is 1. The number of carbonyl (C=O) groups excluding carboxylic acids is 1. The SMILES string of the molecule is O=C(NCc1cn2ccccc2n1)C(c1ccccc1)c1ccccc1. The predicted molar refractivity (Wildman–Crippen MR) is 102 cm³/mol. The lowest BCUT2D eigenvalue weighted by Crippen LogP contribution is -2.29. The van der Waals surface area contributed by atoms with E-state index in [1.54, 1.807) is 0 Å². The Morgan fingerprint density at radius 3 is 2.12 bits per heavy atom. The van der Waals surface area contributed by atoms with Gasteiger partial charge in [0.2, 0.25) is 5.91 Å². The van der Waals surface area contributed by atoms with Crippen molar-refractivity contribution in [1.29, 1.82) is 0 Å². The van der Waals surface area contributed by atoms with Crippen LogP contribution in [0.25, 0.3) is 5.65 Å². The molecule has 0 saturated heterocycles. The molecule has 0 saturated carbocycles. The smallest absolute Gasteiger partial charge is 0.232 e. The Morgan fingerprint density at radius 1 is 0.885 bits per heavy atom. The number of rotatable bonds is 5. The fourth-order valence-corrected chi connectivity index (χ4v) is 3.14. The summed E-state index contributed by atoms with van der Waals surface area (Å²) in [4.78, 5) is 17.5. The predicted octanol–water partition coefficient (Wildman–Crippen LogP) is 3.78. The molecule has 2 aromatic carbocycles. The van der Waals surface area contributed by atoms with E-state index in [0.717, 1.165) is 22.5 Å². The van der Waals surface area contributed by atoms with Crippen LogP contribution in [0, 0.1) is 0 Å². The van der Waals surface area contributed by atoms with Crippen LogP contribution in [0.5, 0.6) is 0 Å². The minimum Gasteiger partial charge on any atom is -0.350 e. The zero-order valence-corrected chi connectivity index (χ0v) is 14.2. The quantitative estimate of drug-likeness (QED) is 0.600. The molecule has 0 fully saturated rings. The number of amides is 1. The normalized spacial score (nSPS) is 11.0. The second-order valence-corrected chi connectivity index (χ2v) is 6.17. The van der Waals surface area contributed by atoms with Crippen LogP contribution in [-0.4, -0.2) is 15.3 Å². The molecule has 4 nitrogen and oxygen atoms in total. The number of nitrogens with zero attached hydrogens (tertiary/aromatic N) is 2. The molecule has 0 aliphatic carbocycles. The molecular weight excluding hydrogens is 322 g/mol. The molecule has 0 aliphatic rings. The van der Waals surface area contributed by atoms with Gasteiger partial charge in [-0.05, 0) is 23.3 Å². The number of nitrogens with one attached hydrogen (secondary N) is 1. The van der Waals surface area contributed by atoms with Crippen molar-refractivity contribution >= 4 is 11.6 Å². The summed E-state index contributed by atoms with van der Waals surface area (Å²) in [6, 6.07) is 25.6. The summed E-state index contributed by atoms with van der Waals surface area (Å²) in [6.45, 7) is 0.399. The summed E-state index contributed by atoms with van der Waals surface area (Å²) >= 11 is 0. The Morgan fingerprint density at radius 2 is 1.50 bits per heavy atom. The number of hydrogen-bond donors (Lipinski definition) is 1. The van der Waals surface area contributed by atoms with Crippen LogP contribution in [0.15, 0.2) is 91.3 Å². The Hall–Kier alpha value is -3.40. The minimum absolute atomic E-state index is 0.0283. The second-order valence-electron chi connectivity index (χ2n) is 6.17. The first-order valence-electron chi connectivity index (χ1n) is 8.61. The molecule has 0 radical (unpaired) electrons. The Labute approximate surface area is 152 Å². The van der Waals surface area contributed by atoms with Crippen molar-refractivity contribution in [2.75, 3.05) is 0 Å². The average Bonchev–Trinajstić information content (AvgIpc) is 3.11. The maximum atomic E-state index is 13.0. The van der Waals surface area contributed by atoms with E-state index in [1.165, 1.54) is 0 Å². The van der Waals surface area contributed by atoms with Crippen molar-refractivity contribution in [3.05, 3.63) is 108 Å². The van der Waals surface area contributed by atoms with Gasteiger partial charge in [0.05, 0.1) is 18.2 Å². The molecule has 0 unspecified atom stereocenters. The molecule has 4 aromatic rings. The van der Waals surface area contributed by atoms with Crippen LogP contribution in [0.4, 0.5) is 0 Å². The van der Waals surface area contributed by atoms with Gasteiger partial charge in [-0.15, -0.1) is 0 Å². The first-order valence-corrected chi connectivity index (χ1v) is 8.61. The maximum Gasteiger partial charge on any atom is 0.232 e. The van der Waals surface area contributed by atoms with E-state index in [1.807, 2.05) is 95.7 Å². The number of carbonyl (C=O) groups is 1. The maximum absolute atomic E-state index is 13.0. The van der Waals surface area contributed by atoms with E-state index < -0.39 is 0 Å².